The van der Waals surface area contributed by atoms with E-state index in [2.05, 4.69) is 28.0 Å². The molecule has 0 spiro atoms. The molecule has 1 aliphatic heterocycles. The molecule has 4 rings (SSSR count). The van der Waals surface area contributed by atoms with E-state index in [-0.39, 0.29) is 6.04 Å². The van der Waals surface area contributed by atoms with Crippen molar-refractivity contribution in [1.82, 2.24) is 9.80 Å². The van der Waals surface area contributed by atoms with Crippen molar-refractivity contribution in [2.75, 3.05) is 33.3 Å². The summed E-state index contributed by atoms with van der Waals surface area (Å²) < 4.78 is 5.34. The topological polar surface area (TPSA) is 41.7 Å². The van der Waals surface area contributed by atoms with Crippen molar-refractivity contribution >= 4 is 0 Å². The number of fused-ring (bicyclic) bond motifs is 1. The summed E-state index contributed by atoms with van der Waals surface area (Å²) >= 11 is 0. The molecule has 2 fully saturated rings. The van der Waals surface area contributed by atoms with Gasteiger partial charge in [-0.25, -0.2) is 0 Å². The van der Waals surface area contributed by atoms with E-state index < -0.39 is 0 Å². The van der Waals surface area contributed by atoms with Gasteiger partial charge in [0.05, 0.1) is 7.11 Å². The first-order valence-electron chi connectivity index (χ1n) is 8.17. The van der Waals surface area contributed by atoms with Crippen LogP contribution in [0.2, 0.25) is 0 Å². The molecule has 0 aromatic heterocycles. The number of ether oxygens (including phenoxy) is 1. The predicted molar refractivity (Wildman–Crippen MR) is 83.6 cm³/mol. The molecule has 1 saturated heterocycles. The highest BCUT2D eigenvalue weighted by atomic mass is 16.5. The fourth-order valence-corrected chi connectivity index (χ4v) is 3.99. The van der Waals surface area contributed by atoms with E-state index in [4.69, 9.17) is 10.5 Å². The van der Waals surface area contributed by atoms with Crippen molar-refractivity contribution in [3.63, 3.8) is 0 Å². The van der Waals surface area contributed by atoms with Gasteiger partial charge in [-0.15, -0.1) is 0 Å². The second-order valence-corrected chi connectivity index (χ2v) is 6.67. The maximum atomic E-state index is 6.54. The molecule has 21 heavy (non-hydrogen) atoms. The van der Waals surface area contributed by atoms with E-state index in [1.165, 1.54) is 50.1 Å². The van der Waals surface area contributed by atoms with Crippen LogP contribution in [0.25, 0.3) is 0 Å². The lowest BCUT2D eigenvalue weighted by Gasteiger charge is -2.39. The van der Waals surface area contributed by atoms with Crippen LogP contribution in [-0.2, 0) is 6.42 Å². The Morgan fingerprint density at radius 2 is 1.81 bits per heavy atom. The molecular weight excluding hydrogens is 262 g/mol. The Labute approximate surface area is 126 Å². The molecule has 4 nitrogen and oxygen atoms in total. The van der Waals surface area contributed by atoms with Crippen molar-refractivity contribution in [2.24, 2.45) is 5.73 Å². The van der Waals surface area contributed by atoms with Gasteiger partial charge in [-0.3, -0.25) is 9.80 Å². The van der Waals surface area contributed by atoms with Crippen molar-refractivity contribution in [1.29, 1.82) is 0 Å². The van der Waals surface area contributed by atoms with Crippen LogP contribution in [0.5, 0.6) is 5.75 Å². The van der Waals surface area contributed by atoms with Gasteiger partial charge >= 0.3 is 0 Å². The first kappa shape index (κ1) is 13.6. The van der Waals surface area contributed by atoms with Crippen molar-refractivity contribution < 1.29 is 4.74 Å². The number of piperazine rings is 1. The van der Waals surface area contributed by atoms with E-state index >= 15 is 0 Å². The van der Waals surface area contributed by atoms with E-state index in [1.54, 1.807) is 7.11 Å². The minimum atomic E-state index is 0.127. The Kier molecular flexibility index (Phi) is 3.40. The summed E-state index contributed by atoms with van der Waals surface area (Å²) in [5.41, 5.74) is 9.22. The molecule has 0 amide bonds. The predicted octanol–water partition coefficient (Wildman–Crippen LogP) is 1.40. The second-order valence-electron chi connectivity index (χ2n) is 6.67. The van der Waals surface area contributed by atoms with Crippen LogP contribution < -0.4 is 10.5 Å². The highest BCUT2D eigenvalue weighted by Crippen LogP contribution is 2.36. The quantitative estimate of drug-likeness (QED) is 0.912. The molecule has 2 aliphatic carbocycles. The van der Waals surface area contributed by atoms with Crippen LogP contribution in [0.4, 0.5) is 0 Å². The van der Waals surface area contributed by atoms with E-state index in [1.807, 2.05) is 0 Å². The second kappa shape index (κ2) is 5.27. The smallest absolute Gasteiger partial charge is 0.119 e. The highest BCUT2D eigenvalue weighted by molar-refractivity contribution is 5.42. The van der Waals surface area contributed by atoms with Crippen molar-refractivity contribution in [3.8, 4) is 5.75 Å². The molecule has 1 heterocycles. The van der Waals surface area contributed by atoms with Gasteiger partial charge in [0, 0.05) is 44.3 Å². The molecule has 2 unspecified atom stereocenters. The Balaban J connectivity index is 1.45. The van der Waals surface area contributed by atoms with Crippen LogP contribution in [0.15, 0.2) is 18.2 Å². The number of hydrogen-bond acceptors (Lipinski definition) is 4. The summed E-state index contributed by atoms with van der Waals surface area (Å²) in [5.74, 6) is 0.920. The minimum absolute atomic E-state index is 0.127. The zero-order valence-electron chi connectivity index (χ0n) is 12.8. The lowest BCUT2D eigenvalue weighted by Crippen LogP contribution is -2.52. The third-order valence-corrected chi connectivity index (χ3v) is 5.44. The van der Waals surface area contributed by atoms with Gasteiger partial charge < -0.3 is 10.5 Å². The van der Waals surface area contributed by atoms with Crippen molar-refractivity contribution in [3.05, 3.63) is 29.3 Å². The highest BCUT2D eigenvalue weighted by Gasteiger charge is 2.37. The summed E-state index contributed by atoms with van der Waals surface area (Å²) in [6.07, 6.45) is 3.91. The lowest BCUT2D eigenvalue weighted by atomic mass is 10.1. The van der Waals surface area contributed by atoms with Gasteiger partial charge in [-0.2, -0.15) is 0 Å². The third-order valence-electron chi connectivity index (χ3n) is 5.44. The number of rotatable bonds is 3. The fourth-order valence-electron chi connectivity index (χ4n) is 3.99. The number of methoxy groups -OCH3 is 1. The Morgan fingerprint density at radius 3 is 2.48 bits per heavy atom. The van der Waals surface area contributed by atoms with E-state index in [0.29, 0.717) is 6.04 Å². The van der Waals surface area contributed by atoms with Gasteiger partial charge in [0.15, 0.2) is 0 Å². The number of hydrogen-bond donors (Lipinski definition) is 1. The molecule has 1 aromatic carbocycles. The largest absolute Gasteiger partial charge is 0.497 e. The molecular formula is C17H25N3O. The fraction of sp³-hybridized carbons (Fsp3) is 0.647. The molecule has 1 saturated carbocycles. The van der Waals surface area contributed by atoms with Crippen LogP contribution in [0, 0.1) is 0 Å². The Morgan fingerprint density at radius 1 is 1.10 bits per heavy atom. The molecule has 114 valence electrons. The molecule has 0 bridgehead atoms. The molecule has 2 N–H and O–H groups in total. The van der Waals surface area contributed by atoms with Gasteiger partial charge in [0.2, 0.25) is 0 Å². The van der Waals surface area contributed by atoms with E-state index in [9.17, 15) is 0 Å². The van der Waals surface area contributed by atoms with Crippen LogP contribution >= 0.6 is 0 Å². The monoisotopic (exact) mass is 287 g/mol. The van der Waals surface area contributed by atoms with Gasteiger partial charge in [-0.1, -0.05) is 6.07 Å². The van der Waals surface area contributed by atoms with Gasteiger partial charge in [0.1, 0.15) is 5.75 Å². The third kappa shape index (κ3) is 2.45. The van der Waals surface area contributed by atoms with Crippen LogP contribution in [0.1, 0.15) is 30.0 Å². The molecule has 4 heteroatoms. The lowest BCUT2D eigenvalue weighted by molar-refractivity contribution is 0.0851. The molecule has 3 aliphatic rings. The zero-order valence-corrected chi connectivity index (χ0v) is 12.8. The van der Waals surface area contributed by atoms with Crippen LogP contribution in [-0.4, -0.2) is 55.2 Å². The van der Waals surface area contributed by atoms with Gasteiger partial charge in [-0.05, 0) is 42.5 Å². The maximum Gasteiger partial charge on any atom is 0.119 e. The molecule has 2 atom stereocenters. The summed E-state index contributed by atoms with van der Waals surface area (Å²) in [7, 11) is 1.72. The normalized spacial score (nSPS) is 30.4. The number of nitrogens with two attached hydrogens (primary N) is 1. The summed E-state index contributed by atoms with van der Waals surface area (Å²) in [5, 5.41) is 0. The Bertz CT molecular complexity index is 521. The first-order chi connectivity index (χ1) is 10.3. The number of benzene rings is 1. The molecule has 1 aromatic rings. The molecule has 0 radical (unpaired) electrons. The van der Waals surface area contributed by atoms with Gasteiger partial charge in [0.25, 0.3) is 0 Å². The summed E-state index contributed by atoms with van der Waals surface area (Å²) in [6.45, 7) is 4.76. The van der Waals surface area contributed by atoms with E-state index in [0.717, 1.165) is 18.2 Å². The summed E-state index contributed by atoms with van der Waals surface area (Å²) in [4.78, 5) is 5.27. The average molecular weight is 287 g/mol. The average Bonchev–Trinajstić information content (AvgIpc) is 3.32. The SMILES string of the molecule is COc1ccc2c(c1)C(N)C(N1CCN(C3CC3)CC1)C2. The van der Waals surface area contributed by atoms with Crippen molar-refractivity contribution in [2.45, 2.75) is 37.4 Å². The zero-order chi connectivity index (χ0) is 14.4. The first-order valence-corrected chi connectivity index (χ1v) is 8.17. The standard InChI is InChI=1S/C17H25N3O/c1-21-14-5-2-12-10-16(17(18)15(12)11-14)20-8-6-19(7-9-20)13-3-4-13/h2,5,11,13,16-17H,3-4,6-10,18H2,1H3. The summed E-state index contributed by atoms with van der Waals surface area (Å²) in [6, 6.07) is 7.86. The minimum Gasteiger partial charge on any atom is -0.497 e. The number of nitrogens with zero attached hydrogens (tertiary/aromatic N) is 2. The van der Waals surface area contributed by atoms with Crippen LogP contribution in [0.3, 0.4) is 0 Å². The maximum absolute atomic E-state index is 6.54. The Hall–Kier alpha value is -1.10.